The van der Waals surface area contributed by atoms with Gasteiger partial charge in [-0.2, -0.15) is 0 Å². The van der Waals surface area contributed by atoms with Crippen LogP contribution in [-0.2, 0) is 21.4 Å². The van der Waals surface area contributed by atoms with Crippen LogP contribution in [0.1, 0.15) is 12.0 Å². The standard InChI is InChI=1S/C17H18ClFN2O3S/c1-25(23,24)21(15-7-4-6-14(18)11-15)10-9-17(22)20-12-13-5-2-3-8-16(13)19/h2-8,11H,9-10,12H2,1H3,(H,20,22). The molecule has 2 aromatic rings. The van der Waals surface area contributed by atoms with E-state index in [0.717, 1.165) is 10.6 Å². The van der Waals surface area contributed by atoms with Crippen LogP contribution < -0.4 is 9.62 Å². The van der Waals surface area contributed by atoms with Crippen LogP contribution in [0.15, 0.2) is 48.5 Å². The maximum atomic E-state index is 13.5. The minimum atomic E-state index is -3.57. The van der Waals surface area contributed by atoms with Crippen molar-refractivity contribution in [2.45, 2.75) is 13.0 Å². The molecule has 2 aromatic carbocycles. The first-order valence-electron chi connectivity index (χ1n) is 7.51. The number of amides is 1. The lowest BCUT2D eigenvalue weighted by Crippen LogP contribution is -2.34. The van der Waals surface area contributed by atoms with Gasteiger partial charge in [0.1, 0.15) is 5.82 Å². The monoisotopic (exact) mass is 384 g/mol. The van der Waals surface area contributed by atoms with Crippen LogP contribution in [0.3, 0.4) is 0 Å². The fraction of sp³-hybridized carbons (Fsp3) is 0.235. The van der Waals surface area contributed by atoms with E-state index in [1.165, 1.54) is 12.1 Å². The summed E-state index contributed by atoms with van der Waals surface area (Å²) in [4.78, 5) is 12.0. The number of carbonyl (C=O) groups is 1. The first-order valence-corrected chi connectivity index (χ1v) is 9.73. The lowest BCUT2D eigenvalue weighted by Gasteiger charge is -2.22. The second-order valence-corrected chi connectivity index (χ2v) is 7.78. The molecule has 0 saturated carbocycles. The van der Waals surface area contributed by atoms with Crippen LogP contribution in [0.25, 0.3) is 0 Å². The van der Waals surface area contributed by atoms with Crippen LogP contribution in [0.5, 0.6) is 0 Å². The Kier molecular flexibility index (Phi) is 6.39. The SMILES string of the molecule is CS(=O)(=O)N(CCC(=O)NCc1ccccc1F)c1cccc(Cl)c1. The predicted octanol–water partition coefficient (Wildman–Crippen LogP) is 2.95. The number of sulfonamides is 1. The Morgan fingerprint density at radius 1 is 1.20 bits per heavy atom. The van der Waals surface area contributed by atoms with E-state index in [-0.39, 0.29) is 25.4 Å². The average molecular weight is 385 g/mol. The minimum Gasteiger partial charge on any atom is -0.352 e. The molecule has 5 nitrogen and oxygen atoms in total. The van der Waals surface area contributed by atoms with Crippen molar-refractivity contribution >= 4 is 33.2 Å². The van der Waals surface area contributed by atoms with E-state index in [0.29, 0.717) is 16.3 Å². The molecule has 0 bridgehead atoms. The first-order chi connectivity index (χ1) is 11.8. The van der Waals surface area contributed by atoms with Crippen molar-refractivity contribution in [3.63, 3.8) is 0 Å². The Morgan fingerprint density at radius 2 is 1.92 bits per heavy atom. The fourth-order valence-electron chi connectivity index (χ4n) is 2.24. The summed E-state index contributed by atoms with van der Waals surface area (Å²) in [5.41, 5.74) is 0.752. The summed E-state index contributed by atoms with van der Waals surface area (Å²) in [6.07, 6.45) is 0.999. The molecule has 0 radical (unpaired) electrons. The number of hydrogen-bond donors (Lipinski definition) is 1. The van der Waals surface area contributed by atoms with Gasteiger partial charge in [0.05, 0.1) is 11.9 Å². The first kappa shape index (κ1) is 19.2. The lowest BCUT2D eigenvalue weighted by molar-refractivity contribution is -0.121. The van der Waals surface area contributed by atoms with Crippen molar-refractivity contribution in [3.05, 3.63) is 64.9 Å². The van der Waals surface area contributed by atoms with Crippen LogP contribution in [0, 0.1) is 5.82 Å². The normalized spacial score (nSPS) is 11.2. The van der Waals surface area contributed by atoms with Crippen LogP contribution in [0.4, 0.5) is 10.1 Å². The molecule has 0 atom stereocenters. The molecule has 0 saturated heterocycles. The molecule has 1 amide bonds. The second-order valence-electron chi connectivity index (χ2n) is 5.43. The van der Waals surface area contributed by atoms with E-state index in [1.807, 2.05) is 0 Å². The smallest absolute Gasteiger partial charge is 0.232 e. The Balaban J connectivity index is 1.99. The number of halogens is 2. The predicted molar refractivity (Wildman–Crippen MR) is 96.5 cm³/mol. The highest BCUT2D eigenvalue weighted by Gasteiger charge is 2.19. The van der Waals surface area contributed by atoms with Gasteiger partial charge in [-0.15, -0.1) is 0 Å². The van der Waals surface area contributed by atoms with Crippen molar-refractivity contribution in [2.75, 3.05) is 17.1 Å². The number of hydrogen-bond acceptors (Lipinski definition) is 3. The third kappa shape index (κ3) is 5.72. The zero-order valence-electron chi connectivity index (χ0n) is 13.6. The molecule has 0 aliphatic rings. The van der Waals surface area contributed by atoms with Gasteiger partial charge >= 0.3 is 0 Å². The van der Waals surface area contributed by atoms with Crippen LogP contribution in [0.2, 0.25) is 5.02 Å². The molecule has 134 valence electrons. The van der Waals surface area contributed by atoms with E-state index in [1.54, 1.807) is 36.4 Å². The Labute approximate surface area is 151 Å². The molecule has 8 heteroatoms. The number of rotatable bonds is 7. The molecule has 0 aromatic heterocycles. The summed E-state index contributed by atoms with van der Waals surface area (Å²) in [5, 5.41) is 2.98. The molecular formula is C17H18ClFN2O3S. The molecule has 25 heavy (non-hydrogen) atoms. The van der Waals surface area contributed by atoms with Crippen molar-refractivity contribution in [2.24, 2.45) is 0 Å². The van der Waals surface area contributed by atoms with Gasteiger partial charge in [0, 0.05) is 30.1 Å². The molecule has 0 unspecified atom stereocenters. The van der Waals surface area contributed by atoms with Gasteiger partial charge in [0.15, 0.2) is 0 Å². The average Bonchev–Trinajstić information content (AvgIpc) is 2.53. The van der Waals surface area contributed by atoms with Crippen molar-refractivity contribution in [3.8, 4) is 0 Å². The number of nitrogens with one attached hydrogen (secondary N) is 1. The summed E-state index contributed by atoms with van der Waals surface area (Å²) in [6.45, 7) is 0.00380. The number of carbonyl (C=O) groups excluding carboxylic acids is 1. The highest BCUT2D eigenvalue weighted by Crippen LogP contribution is 2.22. The van der Waals surface area contributed by atoms with Crippen LogP contribution >= 0.6 is 11.6 Å². The van der Waals surface area contributed by atoms with Crippen LogP contribution in [-0.4, -0.2) is 27.1 Å². The molecule has 0 spiro atoms. The Morgan fingerprint density at radius 3 is 2.56 bits per heavy atom. The van der Waals surface area contributed by atoms with E-state index in [9.17, 15) is 17.6 Å². The van der Waals surface area contributed by atoms with Crippen molar-refractivity contribution in [1.82, 2.24) is 5.32 Å². The third-order valence-electron chi connectivity index (χ3n) is 3.47. The molecule has 2 rings (SSSR count). The van der Waals surface area contributed by atoms with E-state index >= 15 is 0 Å². The highest BCUT2D eigenvalue weighted by molar-refractivity contribution is 7.92. The number of benzene rings is 2. The van der Waals surface area contributed by atoms with Gasteiger partial charge in [0.25, 0.3) is 0 Å². The number of anilines is 1. The molecule has 0 aliphatic heterocycles. The van der Waals surface area contributed by atoms with E-state index < -0.39 is 15.8 Å². The highest BCUT2D eigenvalue weighted by atomic mass is 35.5. The summed E-state index contributed by atoms with van der Waals surface area (Å²) in [6, 6.07) is 12.5. The third-order valence-corrected chi connectivity index (χ3v) is 4.90. The fourth-order valence-corrected chi connectivity index (χ4v) is 3.35. The molecule has 1 N–H and O–H groups in total. The van der Waals surface area contributed by atoms with Gasteiger partial charge in [0.2, 0.25) is 15.9 Å². The quantitative estimate of drug-likeness (QED) is 0.798. The van der Waals surface area contributed by atoms with E-state index in [4.69, 9.17) is 11.6 Å². The lowest BCUT2D eigenvalue weighted by atomic mass is 10.2. The molecule has 0 heterocycles. The topological polar surface area (TPSA) is 66.5 Å². The van der Waals surface area contributed by atoms with Gasteiger partial charge in [-0.05, 0) is 24.3 Å². The Hall–Kier alpha value is -2.12. The second kappa shape index (κ2) is 8.31. The van der Waals surface area contributed by atoms with Gasteiger partial charge in [-0.1, -0.05) is 35.9 Å². The summed E-state index contributed by atoms with van der Waals surface area (Å²) in [5.74, 6) is -0.779. The van der Waals surface area contributed by atoms with E-state index in [2.05, 4.69) is 5.32 Å². The Bertz CT molecular complexity index is 858. The maximum Gasteiger partial charge on any atom is 0.232 e. The number of nitrogens with zero attached hydrogens (tertiary/aromatic N) is 1. The zero-order valence-corrected chi connectivity index (χ0v) is 15.1. The minimum absolute atomic E-state index is 0.0394. The summed E-state index contributed by atoms with van der Waals surface area (Å²) < 4.78 is 38.6. The summed E-state index contributed by atoms with van der Waals surface area (Å²) in [7, 11) is -3.57. The van der Waals surface area contributed by atoms with Gasteiger partial charge in [-0.25, -0.2) is 12.8 Å². The maximum absolute atomic E-state index is 13.5. The van der Waals surface area contributed by atoms with Gasteiger partial charge in [-0.3, -0.25) is 9.10 Å². The van der Waals surface area contributed by atoms with Crippen molar-refractivity contribution < 1.29 is 17.6 Å². The zero-order chi connectivity index (χ0) is 18.4. The molecule has 0 fully saturated rings. The van der Waals surface area contributed by atoms with Crippen molar-refractivity contribution in [1.29, 1.82) is 0 Å². The molecule has 0 aliphatic carbocycles. The molecular weight excluding hydrogens is 367 g/mol. The summed E-state index contributed by atoms with van der Waals surface area (Å²) >= 11 is 5.90. The largest absolute Gasteiger partial charge is 0.352 e. The van der Waals surface area contributed by atoms with Gasteiger partial charge < -0.3 is 5.32 Å².